The summed E-state index contributed by atoms with van der Waals surface area (Å²) in [6.45, 7) is 0.634. The van der Waals surface area contributed by atoms with Crippen molar-refractivity contribution in [1.29, 1.82) is 0 Å². The zero-order valence-corrected chi connectivity index (χ0v) is 11.3. The molecule has 0 bridgehead atoms. The van der Waals surface area contributed by atoms with Crippen molar-refractivity contribution in [2.75, 3.05) is 13.6 Å². The predicted molar refractivity (Wildman–Crippen MR) is 74.1 cm³/mol. The third-order valence-corrected chi connectivity index (χ3v) is 2.99. The Morgan fingerprint density at radius 3 is 2.68 bits per heavy atom. The van der Waals surface area contributed by atoms with Gasteiger partial charge in [-0.15, -0.1) is 0 Å². The van der Waals surface area contributed by atoms with Gasteiger partial charge in [0.15, 0.2) is 0 Å². The van der Waals surface area contributed by atoms with Crippen LogP contribution in [0.15, 0.2) is 43.0 Å². The summed E-state index contributed by atoms with van der Waals surface area (Å²) < 4.78 is 0. The van der Waals surface area contributed by atoms with Crippen LogP contribution in [-0.2, 0) is 6.42 Å². The molecule has 0 radical (unpaired) electrons. The minimum absolute atomic E-state index is 0.0796. The van der Waals surface area contributed by atoms with E-state index in [2.05, 4.69) is 9.97 Å². The summed E-state index contributed by atoms with van der Waals surface area (Å²) in [5.41, 5.74) is 1.66. The van der Waals surface area contributed by atoms with E-state index in [1.807, 2.05) is 12.1 Å². The fourth-order valence-electron chi connectivity index (χ4n) is 1.70. The quantitative estimate of drug-likeness (QED) is 0.861. The first-order valence-electron chi connectivity index (χ1n) is 5.92. The normalized spacial score (nSPS) is 10.2. The van der Waals surface area contributed by atoms with Crippen molar-refractivity contribution in [1.82, 2.24) is 14.9 Å². The highest BCUT2D eigenvalue weighted by Gasteiger charge is 2.12. The molecule has 2 aromatic heterocycles. The van der Waals surface area contributed by atoms with Crippen LogP contribution in [0.25, 0.3) is 0 Å². The average molecular weight is 276 g/mol. The lowest BCUT2D eigenvalue weighted by Crippen LogP contribution is -2.28. The summed E-state index contributed by atoms with van der Waals surface area (Å²) in [5, 5.41) is 0.466. The largest absolute Gasteiger partial charge is 0.341 e. The molecule has 5 heteroatoms. The molecule has 0 spiro atoms. The van der Waals surface area contributed by atoms with Crippen molar-refractivity contribution < 1.29 is 4.79 Å². The number of amides is 1. The number of carbonyl (C=O) groups excluding carboxylic acids is 1. The summed E-state index contributed by atoms with van der Waals surface area (Å²) in [6.07, 6.45) is 7.32. The maximum Gasteiger partial charge on any atom is 0.255 e. The minimum Gasteiger partial charge on any atom is -0.341 e. The third-order valence-electron chi connectivity index (χ3n) is 2.78. The Morgan fingerprint density at radius 2 is 2.00 bits per heavy atom. The van der Waals surface area contributed by atoms with Crippen LogP contribution in [0.4, 0.5) is 0 Å². The first-order valence-corrected chi connectivity index (χ1v) is 6.29. The predicted octanol–water partition coefficient (Wildman–Crippen LogP) is 2.44. The van der Waals surface area contributed by atoms with Crippen molar-refractivity contribution >= 4 is 17.5 Å². The number of likely N-dealkylation sites (N-methyl/N-ethyl adjacent to an activating group) is 1. The van der Waals surface area contributed by atoms with Crippen LogP contribution in [0.5, 0.6) is 0 Å². The maximum atomic E-state index is 12.1. The lowest BCUT2D eigenvalue weighted by molar-refractivity contribution is 0.0796. The van der Waals surface area contributed by atoms with Gasteiger partial charge in [-0.3, -0.25) is 14.8 Å². The van der Waals surface area contributed by atoms with Gasteiger partial charge in [0.2, 0.25) is 0 Å². The molecule has 98 valence electrons. The Morgan fingerprint density at radius 1 is 1.26 bits per heavy atom. The molecule has 0 aliphatic heterocycles. The van der Waals surface area contributed by atoms with Crippen molar-refractivity contribution in [3.63, 3.8) is 0 Å². The third kappa shape index (κ3) is 3.76. The van der Waals surface area contributed by atoms with Gasteiger partial charge in [0, 0.05) is 38.4 Å². The number of carbonyl (C=O) groups is 1. The summed E-state index contributed by atoms with van der Waals surface area (Å²) in [5.74, 6) is -0.0796. The zero-order valence-electron chi connectivity index (χ0n) is 10.6. The highest BCUT2D eigenvalue weighted by molar-refractivity contribution is 6.30. The van der Waals surface area contributed by atoms with Gasteiger partial charge in [-0.1, -0.05) is 11.6 Å². The van der Waals surface area contributed by atoms with Crippen LogP contribution in [0, 0.1) is 0 Å². The fraction of sp³-hybridized carbons (Fsp3) is 0.214. The summed E-state index contributed by atoms with van der Waals surface area (Å²) in [4.78, 5) is 21.7. The first-order chi connectivity index (χ1) is 9.16. The number of halogens is 1. The Bertz CT molecular complexity index is 560. The summed E-state index contributed by atoms with van der Waals surface area (Å²) in [6, 6.07) is 5.51. The van der Waals surface area contributed by atoms with Crippen LogP contribution < -0.4 is 0 Å². The van der Waals surface area contributed by atoms with Crippen LogP contribution in [-0.4, -0.2) is 34.4 Å². The number of nitrogens with zero attached hydrogens (tertiary/aromatic N) is 3. The van der Waals surface area contributed by atoms with Crippen LogP contribution in [0.3, 0.4) is 0 Å². The van der Waals surface area contributed by atoms with Gasteiger partial charge < -0.3 is 4.90 Å². The molecule has 0 aromatic carbocycles. The molecule has 0 saturated carbocycles. The van der Waals surface area contributed by atoms with E-state index in [0.29, 0.717) is 17.1 Å². The Balaban J connectivity index is 1.96. The molecule has 0 atom stereocenters. The molecular formula is C14H14ClN3O. The van der Waals surface area contributed by atoms with Gasteiger partial charge in [-0.2, -0.15) is 0 Å². The van der Waals surface area contributed by atoms with Crippen molar-refractivity contribution in [2.24, 2.45) is 0 Å². The SMILES string of the molecule is CN(CCc1ccncc1)C(=O)c1cncc(Cl)c1. The highest BCUT2D eigenvalue weighted by Crippen LogP contribution is 2.10. The molecule has 2 heterocycles. The lowest BCUT2D eigenvalue weighted by atomic mass is 10.2. The second kappa shape index (κ2) is 6.29. The maximum absolute atomic E-state index is 12.1. The molecule has 0 aliphatic carbocycles. The molecule has 0 unspecified atom stereocenters. The van der Waals surface area contributed by atoms with E-state index in [9.17, 15) is 4.79 Å². The molecule has 0 saturated heterocycles. The molecule has 4 nitrogen and oxygen atoms in total. The molecule has 0 aliphatic rings. The average Bonchev–Trinajstić information content (AvgIpc) is 2.45. The van der Waals surface area contributed by atoms with Gasteiger partial charge in [-0.25, -0.2) is 0 Å². The van der Waals surface area contributed by atoms with E-state index in [1.54, 1.807) is 30.4 Å². The number of rotatable bonds is 4. The first kappa shape index (κ1) is 13.5. The monoisotopic (exact) mass is 275 g/mol. The van der Waals surface area contributed by atoms with E-state index in [-0.39, 0.29) is 5.91 Å². The van der Waals surface area contributed by atoms with E-state index in [4.69, 9.17) is 11.6 Å². The molecule has 2 rings (SSSR count). The second-order valence-electron chi connectivity index (χ2n) is 4.22. The summed E-state index contributed by atoms with van der Waals surface area (Å²) in [7, 11) is 1.77. The fourth-order valence-corrected chi connectivity index (χ4v) is 1.87. The minimum atomic E-state index is -0.0796. The van der Waals surface area contributed by atoms with Crippen molar-refractivity contribution in [3.8, 4) is 0 Å². The van der Waals surface area contributed by atoms with Crippen molar-refractivity contribution in [2.45, 2.75) is 6.42 Å². The van der Waals surface area contributed by atoms with E-state index in [1.165, 1.54) is 12.4 Å². The smallest absolute Gasteiger partial charge is 0.255 e. The van der Waals surface area contributed by atoms with Gasteiger partial charge in [-0.05, 0) is 30.2 Å². The van der Waals surface area contributed by atoms with Gasteiger partial charge in [0.25, 0.3) is 5.91 Å². The topological polar surface area (TPSA) is 46.1 Å². The zero-order chi connectivity index (χ0) is 13.7. The second-order valence-corrected chi connectivity index (χ2v) is 4.66. The van der Waals surface area contributed by atoms with E-state index >= 15 is 0 Å². The summed E-state index contributed by atoms with van der Waals surface area (Å²) >= 11 is 5.83. The van der Waals surface area contributed by atoms with Crippen LogP contribution in [0.2, 0.25) is 5.02 Å². The highest BCUT2D eigenvalue weighted by atomic mass is 35.5. The van der Waals surface area contributed by atoms with Crippen LogP contribution in [0.1, 0.15) is 15.9 Å². The molecule has 19 heavy (non-hydrogen) atoms. The number of hydrogen-bond donors (Lipinski definition) is 0. The molecule has 0 fully saturated rings. The van der Waals surface area contributed by atoms with Gasteiger partial charge >= 0.3 is 0 Å². The van der Waals surface area contributed by atoms with Crippen LogP contribution >= 0.6 is 11.6 Å². The number of hydrogen-bond acceptors (Lipinski definition) is 3. The van der Waals surface area contributed by atoms with E-state index < -0.39 is 0 Å². The standard InChI is InChI=1S/C14H14ClN3O/c1-18(7-4-11-2-5-16-6-3-11)14(19)12-8-13(15)10-17-9-12/h2-3,5-6,8-10H,4,7H2,1H3. The lowest BCUT2D eigenvalue weighted by Gasteiger charge is -2.17. The number of aromatic nitrogens is 2. The molecule has 2 aromatic rings. The van der Waals surface area contributed by atoms with Crippen molar-refractivity contribution in [3.05, 3.63) is 59.1 Å². The molecule has 0 N–H and O–H groups in total. The molecule has 1 amide bonds. The Kier molecular flexibility index (Phi) is 4.47. The Hall–Kier alpha value is -1.94. The molecular weight excluding hydrogens is 262 g/mol. The Labute approximate surface area is 117 Å². The van der Waals surface area contributed by atoms with E-state index in [0.717, 1.165) is 12.0 Å². The number of pyridine rings is 2. The van der Waals surface area contributed by atoms with Gasteiger partial charge in [0.1, 0.15) is 0 Å². The van der Waals surface area contributed by atoms with Gasteiger partial charge in [0.05, 0.1) is 10.6 Å².